The molecule has 34 heavy (non-hydrogen) atoms. The van der Waals surface area contributed by atoms with Crippen molar-refractivity contribution in [1.29, 1.82) is 0 Å². The minimum atomic E-state index is -0.729. The summed E-state index contributed by atoms with van der Waals surface area (Å²) in [6, 6.07) is 13.2. The number of para-hydroxylation sites is 1. The number of aromatic nitrogens is 3. The molecule has 3 N–H and O–H groups in total. The SMILES string of the molecule is CC(C)C(NC(=O)Nc1ccccc1)C(=O)Nc1ccc(Cl)c(-c2nnc3n2CCCCC3)c1. The number of hydrogen-bond donors (Lipinski definition) is 3. The first-order chi connectivity index (χ1) is 16.4. The molecule has 4 rings (SSSR count). The summed E-state index contributed by atoms with van der Waals surface area (Å²) in [5, 5.41) is 17.7. The summed E-state index contributed by atoms with van der Waals surface area (Å²) < 4.78 is 2.12. The fourth-order valence-corrected chi connectivity index (χ4v) is 4.25. The van der Waals surface area contributed by atoms with E-state index >= 15 is 0 Å². The number of nitrogens with one attached hydrogen (secondary N) is 3. The largest absolute Gasteiger partial charge is 0.326 e. The third kappa shape index (κ3) is 5.56. The Morgan fingerprint density at radius 2 is 1.76 bits per heavy atom. The molecule has 9 heteroatoms. The first kappa shape index (κ1) is 23.8. The van der Waals surface area contributed by atoms with E-state index in [1.54, 1.807) is 24.3 Å². The maximum absolute atomic E-state index is 13.1. The number of benzene rings is 2. The van der Waals surface area contributed by atoms with Crippen LogP contribution in [0.25, 0.3) is 11.4 Å². The van der Waals surface area contributed by atoms with Crippen LogP contribution in [0.4, 0.5) is 16.2 Å². The summed E-state index contributed by atoms with van der Waals surface area (Å²) >= 11 is 6.51. The van der Waals surface area contributed by atoms with Crippen LogP contribution in [0.15, 0.2) is 48.5 Å². The van der Waals surface area contributed by atoms with E-state index in [4.69, 9.17) is 11.6 Å². The van der Waals surface area contributed by atoms with E-state index in [1.165, 1.54) is 0 Å². The molecule has 0 aliphatic carbocycles. The fraction of sp³-hybridized carbons (Fsp3) is 0.360. The third-order valence-corrected chi connectivity index (χ3v) is 6.18. The van der Waals surface area contributed by atoms with Gasteiger partial charge in [0, 0.05) is 29.9 Å². The van der Waals surface area contributed by atoms with Gasteiger partial charge in [0.15, 0.2) is 5.82 Å². The molecule has 2 heterocycles. The molecule has 0 saturated heterocycles. The second-order valence-corrected chi connectivity index (χ2v) is 9.18. The van der Waals surface area contributed by atoms with Gasteiger partial charge in [0.2, 0.25) is 5.91 Å². The van der Waals surface area contributed by atoms with Crippen molar-refractivity contribution < 1.29 is 9.59 Å². The number of hydrogen-bond acceptors (Lipinski definition) is 4. The van der Waals surface area contributed by atoms with Crippen molar-refractivity contribution in [3.05, 3.63) is 59.4 Å². The molecule has 1 unspecified atom stereocenters. The lowest BCUT2D eigenvalue weighted by atomic mass is 10.0. The molecule has 1 aliphatic heterocycles. The number of aryl methyl sites for hydroxylation is 1. The van der Waals surface area contributed by atoms with E-state index in [9.17, 15) is 9.59 Å². The van der Waals surface area contributed by atoms with Crippen LogP contribution in [0.2, 0.25) is 5.02 Å². The molecule has 0 bridgehead atoms. The smallest absolute Gasteiger partial charge is 0.319 e. The highest BCUT2D eigenvalue weighted by Crippen LogP contribution is 2.31. The number of anilines is 2. The number of halogens is 1. The summed E-state index contributed by atoms with van der Waals surface area (Å²) in [5.74, 6) is 1.23. The Hall–Kier alpha value is -3.39. The Labute approximate surface area is 204 Å². The first-order valence-corrected chi connectivity index (χ1v) is 12.0. The summed E-state index contributed by atoms with van der Waals surface area (Å²) in [6.45, 7) is 4.61. The topological polar surface area (TPSA) is 101 Å². The number of carbonyl (C=O) groups excluding carboxylic acids is 2. The Bertz CT molecular complexity index is 1160. The maximum Gasteiger partial charge on any atom is 0.319 e. The molecule has 1 aromatic heterocycles. The van der Waals surface area contributed by atoms with Crippen molar-refractivity contribution in [2.24, 2.45) is 5.92 Å². The zero-order chi connectivity index (χ0) is 24.1. The van der Waals surface area contributed by atoms with Crippen LogP contribution >= 0.6 is 11.6 Å². The lowest BCUT2D eigenvalue weighted by Gasteiger charge is -2.22. The Balaban J connectivity index is 1.49. The standard InChI is InChI=1S/C25H29ClN6O2/c1-16(2)22(29-25(34)28-17-9-5-3-6-10-17)24(33)27-18-12-13-20(26)19(15-18)23-31-30-21-11-7-4-8-14-32(21)23/h3,5-6,9-10,12-13,15-16,22H,4,7-8,11,14H2,1-2H3,(H,27,33)(H2,28,29,34). The van der Waals surface area contributed by atoms with Crippen LogP contribution in [-0.4, -0.2) is 32.7 Å². The molecule has 2 aromatic carbocycles. The van der Waals surface area contributed by atoms with Gasteiger partial charge in [-0.05, 0) is 49.1 Å². The molecule has 178 valence electrons. The van der Waals surface area contributed by atoms with Crippen molar-refractivity contribution in [2.45, 2.75) is 52.1 Å². The fourth-order valence-electron chi connectivity index (χ4n) is 4.04. The number of carbonyl (C=O) groups is 2. The zero-order valence-electron chi connectivity index (χ0n) is 19.3. The summed E-state index contributed by atoms with van der Waals surface area (Å²) in [4.78, 5) is 25.5. The predicted octanol–water partition coefficient (Wildman–Crippen LogP) is 5.11. The molecular weight excluding hydrogens is 452 g/mol. The van der Waals surface area contributed by atoms with Crippen LogP contribution in [0.5, 0.6) is 0 Å². The molecule has 0 fully saturated rings. The number of fused-ring (bicyclic) bond motifs is 1. The minimum Gasteiger partial charge on any atom is -0.326 e. The second-order valence-electron chi connectivity index (χ2n) is 8.77. The maximum atomic E-state index is 13.1. The van der Waals surface area contributed by atoms with Gasteiger partial charge in [0.25, 0.3) is 0 Å². The van der Waals surface area contributed by atoms with E-state index < -0.39 is 12.1 Å². The van der Waals surface area contributed by atoms with E-state index in [2.05, 4.69) is 30.7 Å². The van der Waals surface area contributed by atoms with Crippen LogP contribution in [0.3, 0.4) is 0 Å². The van der Waals surface area contributed by atoms with Gasteiger partial charge in [-0.25, -0.2) is 4.79 Å². The van der Waals surface area contributed by atoms with Crippen molar-refractivity contribution in [3.8, 4) is 11.4 Å². The van der Waals surface area contributed by atoms with Gasteiger partial charge in [-0.3, -0.25) is 4.79 Å². The highest BCUT2D eigenvalue weighted by Gasteiger charge is 2.25. The predicted molar refractivity (Wildman–Crippen MR) is 134 cm³/mol. The van der Waals surface area contributed by atoms with Gasteiger partial charge >= 0.3 is 6.03 Å². The van der Waals surface area contributed by atoms with Gasteiger partial charge in [-0.2, -0.15) is 0 Å². The van der Waals surface area contributed by atoms with Gasteiger partial charge < -0.3 is 20.5 Å². The molecular formula is C25H29ClN6O2. The van der Waals surface area contributed by atoms with Crippen molar-refractivity contribution in [2.75, 3.05) is 10.6 Å². The highest BCUT2D eigenvalue weighted by molar-refractivity contribution is 6.33. The monoisotopic (exact) mass is 480 g/mol. The average Bonchev–Trinajstić information content (AvgIpc) is 3.06. The molecule has 0 radical (unpaired) electrons. The number of amides is 3. The number of urea groups is 1. The van der Waals surface area contributed by atoms with Crippen LogP contribution in [-0.2, 0) is 17.8 Å². The van der Waals surface area contributed by atoms with Crippen molar-refractivity contribution >= 4 is 34.9 Å². The van der Waals surface area contributed by atoms with Gasteiger partial charge in [0.1, 0.15) is 11.9 Å². The van der Waals surface area contributed by atoms with Crippen molar-refractivity contribution in [3.63, 3.8) is 0 Å². The highest BCUT2D eigenvalue weighted by atomic mass is 35.5. The molecule has 3 aromatic rings. The Morgan fingerprint density at radius 3 is 2.53 bits per heavy atom. The third-order valence-electron chi connectivity index (χ3n) is 5.85. The molecule has 1 aliphatic rings. The lowest BCUT2D eigenvalue weighted by molar-refractivity contribution is -0.118. The molecule has 0 spiro atoms. The van der Waals surface area contributed by atoms with Crippen LogP contribution in [0, 0.1) is 5.92 Å². The summed E-state index contributed by atoms with van der Waals surface area (Å²) in [7, 11) is 0. The first-order valence-electron chi connectivity index (χ1n) is 11.6. The van der Waals surface area contributed by atoms with Crippen LogP contribution < -0.4 is 16.0 Å². The molecule has 8 nitrogen and oxygen atoms in total. The number of nitrogens with zero attached hydrogens (tertiary/aromatic N) is 3. The number of rotatable bonds is 6. The van der Waals surface area contributed by atoms with Gasteiger partial charge in [-0.15, -0.1) is 10.2 Å². The molecule has 1 atom stereocenters. The van der Waals surface area contributed by atoms with E-state index in [0.29, 0.717) is 22.2 Å². The van der Waals surface area contributed by atoms with E-state index in [1.807, 2.05) is 38.1 Å². The van der Waals surface area contributed by atoms with Gasteiger partial charge in [0.05, 0.1) is 5.02 Å². The summed E-state index contributed by atoms with van der Waals surface area (Å²) in [5.41, 5.74) is 1.94. The minimum absolute atomic E-state index is 0.124. The zero-order valence-corrected chi connectivity index (χ0v) is 20.1. The Kier molecular flexibility index (Phi) is 7.47. The van der Waals surface area contributed by atoms with E-state index in [-0.39, 0.29) is 11.8 Å². The van der Waals surface area contributed by atoms with E-state index in [0.717, 1.165) is 43.6 Å². The molecule has 3 amide bonds. The van der Waals surface area contributed by atoms with Gasteiger partial charge in [-0.1, -0.05) is 50.1 Å². The average molecular weight is 481 g/mol. The van der Waals surface area contributed by atoms with Crippen molar-refractivity contribution in [1.82, 2.24) is 20.1 Å². The summed E-state index contributed by atoms with van der Waals surface area (Å²) in [6.07, 6.45) is 4.23. The molecule has 0 saturated carbocycles. The normalized spacial score (nSPS) is 14.1. The second kappa shape index (κ2) is 10.7. The van der Waals surface area contributed by atoms with Crippen LogP contribution in [0.1, 0.15) is 38.9 Å². The Morgan fingerprint density at radius 1 is 0.971 bits per heavy atom. The lowest BCUT2D eigenvalue weighted by Crippen LogP contribution is -2.48. The quantitative estimate of drug-likeness (QED) is 0.456.